The molecule has 202 valence electrons. The Bertz CT molecular complexity index is 1120. The van der Waals surface area contributed by atoms with Gasteiger partial charge in [0.05, 0.1) is 17.5 Å². The highest BCUT2D eigenvalue weighted by Crippen LogP contribution is 2.44. The smallest absolute Gasteiger partial charge is 0.304 e. The highest BCUT2D eigenvalue weighted by Gasteiger charge is 2.46. The number of hydrogen-bond acceptors (Lipinski definition) is 3. The van der Waals surface area contributed by atoms with E-state index in [0.717, 1.165) is 17.9 Å². The summed E-state index contributed by atoms with van der Waals surface area (Å²) in [7, 11) is -1.17. The number of piperidine rings is 1. The van der Waals surface area contributed by atoms with Crippen LogP contribution in [0.2, 0.25) is 10.0 Å². The molecule has 9 heteroatoms. The van der Waals surface area contributed by atoms with Crippen LogP contribution in [0.25, 0.3) is 0 Å². The van der Waals surface area contributed by atoms with Crippen molar-refractivity contribution in [2.24, 2.45) is 11.8 Å². The molecular weight excluding hydrogens is 536 g/mol. The number of amides is 1. The fourth-order valence-corrected chi connectivity index (χ4v) is 6.08. The van der Waals surface area contributed by atoms with Crippen molar-refractivity contribution in [3.05, 3.63) is 70.0 Å². The van der Waals surface area contributed by atoms with E-state index < -0.39 is 33.3 Å². The first-order valence-electron chi connectivity index (χ1n) is 12.5. The predicted molar refractivity (Wildman–Crippen MR) is 147 cm³/mol. The Labute approximate surface area is 230 Å². The van der Waals surface area contributed by atoms with Gasteiger partial charge in [-0.15, -0.1) is 0 Å². The number of aliphatic carboxylic acids is 1. The molecule has 2 aromatic rings. The Morgan fingerprint density at radius 1 is 1.11 bits per heavy atom. The lowest BCUT2D eigenvalue weighted by molar-refractivity contribution is -0.151. The quantitative estimate of drug-likeness (QED) is 0.393. The van der Waals surface area contributed by atoms with Gasteiger partial charge in [-0.2, -0.15) is 0 Å². The summed E-state index contributed by atoms with van der Waals surface area (Å²) in [6.07, 6.45) is 2.63. The van der Waals surface area contributed by atoms with Crippen molar-refractivity contribution in [3.63, 3.8) is 0 Å². The second kappa shape index (κ2) is 12.7. The van der Waals surface area contributed by atoms with E-state index in [2.05, 4.69) is 0 Å². The van der Waals surface area contributed by atoms with Crippen LogP contribution >= 0.6 is 23.2 Å². The fraction of sp³-hybridized carbons (Fsp3) is 0.500. The highest BCUT2D eigenvalue weighted by atomic mass is 35.5. The first-order chi connectivity index (χ1) is 17.4. The summed E-state index contributed by atoms with van der Waals surface area (Å²) in [6, 6.07) is 13.4. The third-order valence-electron chi connectivity index (χ3n) is 6.74. The van der Waals surface area contributed by atoms with E-state index >= 15 is 0 Å². The van der Waals surface area contributed by atoms with Crippen LogP contribution in [0, 0.1) is 17.7 Å². The van der Waals surface area contributed by atoms with E-state index in [9.17, 15) is 23.3 Å². The fourth-order valence-electron chi connectivity index (χ4n) is 4.57. The summed E-state index contributed by atoms with van der Waals surface area (Å²) in [5.41, 5.74) is 0.645. The summed E-state index contributed by atoms with van der Waals surface area (Å²) in [4.78, 5) is 26.5. The summed E-state index contributed by atoms with van der Waals surface area (Å²) in [5, 5.41) is 10.1. The molecule has 5 nitrogen and oxygen atoms in total. The minimum Gasteiger partial charge on any atom is -0.481 e. The number of carboxylic acid groups (broad SMARTS) is 1. The zero-order valence-corrected chi connectivity index (χ0v) is 23.7. The predicted octanol–water partition coefficient (Wildman–Crippen LogP) is 6.90. The molecule has 2 fully saturated rings. The van der Waals surface area contributed by atoms with Gasteiger partial charge in [0, 0.05) is 38.3 Å². The molecule has 0 bridgehead atoms. The van der Waals surface area contributed by atoms with Crippen molar-refractivity contribution in [2.75, 3.05) is 5.75 Å². The maximum Gasteiger partial charge on any atom is 0.304 e. The van der Waals surface area contributed by atoms with E-state index in [0.29, 0.717) is 24.2 Å². The van der Waals surface area contributed by atoms with E-state index in [1.807, 2.05) is 51.1 Å². The molecule has 1 heterocycles. The number of nitrogens with zero attached hydrogens (tertiary/aromatic N) is 1. The van der Waals surface area contributed by atoms with Crippen molar-refractivity contribution in [1.29, 1.82) is 0 Å². The molecular formula is C28H34Cl2FNO4S. The molecule has 2 aliphatic rings. The van der Waals surface area contributed by atoms with Gasteiger partial charge in [-0.1, -0.05) is 47.5 Å². The van der Waals surface area contributed by atoms with E-state index in [-0.39, 0.29) is 35.4 Å². The molecule has 4 unspecified atom stereocenters. The summed E-state index contributed by atoms with van der Waals surface area (Å²) in [6.45, 7) is 5.72. The molecule has 0 radical (unpaired) electrons. The van der Waals surface area contributed by atoms with Crippen molar-refractivity contribution in [3.8, 4) is 0 Å². The van der Waals surface area contributed by atoms with Crippen molar-refractivity contribution in [1.82, 2.24) is 4.90 Å². The largest absolute Gasteiger partial charge is 0.481 e. The van der Waals surface area contributed by atoms with Crippen LogP contribution in [0.15, 0.2) is 48.5 Å². The van der Waals surface area contributed by atoms with Gasteiger partial charge in [-0.25, -0.2) is 4.39 Å². The average Bonchev–Trinajstić information content (AvgIpc) is 3.66. The Kier molecular flexibility index (Phi) is 10.2. The molecule has 2 aromatic carbocycles. The maximum absolute atomic E-state index is 14.2. The molecule has 1 aliphatic heterocycles. The molecule has 1 saturated carbocycles. The van der Waals surface area contributed by atoms with Gasteiger partial charge in [-0.05, 0) is 82.2 Å². The first-order valence-corrected chi connectivity index (χ1v) is 14.5. The molecule has 37 heavy (non-hydrogen) atoms. The van der Waals surface area contributed by atoms with Gasteiger partial charge in [0.15, 0.2) is 0 Å². The molecule has 4 rings (SSSR count). The highest BCUT2D eigenvalue weighted by molar-refractivity contribution is 7.86. The SMILES string of the molecule is CC(C)(C)S(=O)CC(C1CC1)N1C(=O)C(CC(=O)O)CCC1c1ccc(Cl)c(F)c1.Clc1ccccc1. The Hall–Kier alpha value is -1.96. The lowest BCUT2D eigenvalue weighted by atomic mass is 9.85. The van der Waals surface area contributed by atoms with Gasteiger partial charge < -0.3 is 10.0 Å². The minimum absolute atomic E-state index is 0.0174. The molecule has 1 N–H and O–H groups in total. The Morgan fingerprint density at radius 2 is 1.76 bits per heavy atom. The standard InChI is InChI=1S/C22H29ClFNO4S.C6H5Cl/c1-22(2,3)30(29)12-19(13-4-5-13)25-18(14-6-8-16(23)17(24)10-14)9-7-15(21(25)28)11-20(26)27;7-6-4-2-1-3-5-6/h6,8,10,13,15,18-19H,4-5,7,9,11-12H2,1-3H3,(H,26,27);1-5H. The van der Waals surface area contributed by atoms with Gasteiger partial charge in [0.25, 0.3) is 0 Å². The normalized spacial score (nSPS) is 21.6. The Balaban J connectivity index is 0.000000468. The maximum atomic E-state index is 14.2. The van der Waals surface area contributed by atoms with E-state index in [4.69, 9.17) is 23.2 Å². The summed E-state index contributed by atoms with van der Waals surface area (Å²) in [5.74, 6) is -1.82. The van der Waals surface area contributed by atoms with Crippen LogP contribution in [-0.4, -0.2) is 42.6 Å². The molecule has 1 aliphatic carbocycles. The van der Waals surface area contributed by atoms with Crippen LogP contribution in [-0.2, 0) is 20.4 Å². The number of carbonyl (C=O) groups excluding carboxylic acids is 1. The monoisotopic (exact) mass is 569 g/mol. The number of benzene rings is 2. The molecule has 0 spiro atoms. The zero-order chi connectivity index (χ0) is 27.3. The number of hydrogen-bond donors (Lipinski definition) is 1. The number of carboxylic acids is 1. The van der Waals surface area contributed by atoms with Crippen molar-refractivity contribution in [2.45, 2.75) is 69.7 Å². The van der Waals surface area contributed by atoms with E-state index in [1.165, 1.54) is 12.1 Å². The number of rotatable bonds is 7. The zero-order valence-electron chi connectivity index (χ0n) is 21.3. The van der Waals surface area contributed by atoms with E-state index in [1.54, 1.807) is 11.0 Å². The lowest BCUT2D eigenvalue weighted by Crippen LogP contribution is -2.53. The topological polar surface area (TPSA) is 74.7 Å². The summed E-state index contributed by atoms with van der Waals surface area (Å²) >= 11 is 11.4. The average molecular weight is 571 g/mol. The van der Waals surface area contributed by atoms with Crippen molar-refractivity contribution >= 4 is 45.9 Å². The van der Waals surface area contributed by atoms with Crippen LogP contribution in [0.3, 0.4) is 0 Å². The third kappa shape index (κ3) is 8.26. The summed E-state index contributed by atoms with van der Waals surface area (Å²) < 4.78 is 26.7. The number of likely N-dealkylation sites (tertiary alicyclic amines) is 1. The van der Waals surface area contributed by atoms with Crippen LogP contribution < -0.4 is 0 Å². The molecule has 1 saturated heterocycles. The number of halogens is 3. The van der Waals surface area contributed by atoms with Gasteiger partial charge in [-0.3, -0.25) is 13.8 Å². The van der Waals surface area contributed by atoms with Crippen LogP contribution in [0.4, 0.5) is 4.39 Å². The molecule has 0 aromatic heterocycles. The second-order valence-electron chi connectivity index (χ2n) is 10.6. The molecule has 1 amide bonds. The van der Waals surface area contributed by atoms with Gasteiger partial charge >= 0.3 is 5.97 Å². The second-order valence-corrected chi connectivity index (χ2v) is 13.7. The van der Waals surface area contributed by atoms with Crippen LogP contribution in [0.5, 0.6) is 0 Å². The first kappa shape index (κ1) is 29.6. The Morgan fingerprint density at radius 3 is 2.24 bits per heavy atom. The third-order valence-corrected chi connectivity index (χ3v) is 9.31. The lowest BCUT2D eigenvalue weighted by Gasteiger charge is -2.44. The van der Waals surface area contributed by atoms with Crippen molar-refractivity contribution < 1.29 is 23.3 Å². The van der Waals surface area contributed by atoms with Gasteiger partial charge in [0.1, 0.15) is 5.82 Å². The minimum atomic E-state index is -1.17. The number of carbonyl (C=O) groups is 2. The van der Waals surface area contributed by atoms with Gasteiger partial charge in [0.2, 0.25) is 5.91 Å². The molecule has 4 atom stereocenters. The van der Waals surface area contributed by atoms with Crippen LogP contribution in [0.1, 0.15) is 64.5 Å².